The van der Waals surface area contributed by atoms with E-state index in [9.17, 15) is 8.42 Å². The van der Waals surface area contributed by atoms with Gasteiger partial charge in [-0.2, -0.15) is 0 Å². The van der Waals surface area contributed by atoms with Gasteiger partial charge in [-0.3, -0.25) is 0 Å². The minimum absolute atomic E-state index is 0.0540. The SMILES string of the molecule is CCCn1cc(S(=O)(=O)NC2CNCC2C)nc1C. The molecule has 2 N–H and O–H groups in total. The summed E-state index contributed by atoms with van der Waals surface area (Å²) in [6.07, 6.45) is 2.57. The molecule has 2 rings (SSSR count). The maximum Gasteiger partial charge on any atom is 0.259 e. The fraction of sp³-hybridized carbons (Fsp3) is 0.750. The lowest BCUT2D eigenvalue weighted by molar-refractivity contribution is 0.501. The van der Waals surface area contributed by atoms with E-state index >= 15 is 0 Å². The van der Waals surface area contributed by atoms with Gasteiger partial charge in [-0.25, -0.2) is 18.1 Å². The van der Waals surface area contributed by atoms with Crippen molar-refractivity contribution in [2.24, 2.45) is 5.92 Å². The maximum atomic E-state index is 12.3. The van der Waals surface area contributed by atoms with Gasteiger partial charge in [0.1, 0.15) is 5.82 Å². The Balaban J connectivity index is 2.17. The minimum Gasteiger partial charge on any atom is -0.334 e. The molecule has 0 aliphatic carbocycles. The number of imidazole rings is 1. The van der Waals surface area contributed by atoms with Crippen molar-refractivity contribution in [2.75, 3.05) is 13.1 Å². The zero-order valence-corrected chi connectivity index (χ0v) is 12.5. The molecular formula is C12H22N4O2S. The summed E-state index contributed by atoms with van der Waals surface area (Å²) in [5.74, 6) is 1.04. The van der Waals surface area contributed by atoms with E-state index in [2.05, 4.69) is 21.9 Å². The van der Waals surface area contributed by atoms with E-state index in [-0.39, 0.29) is 11.1 Å². The van der Waals surface area contributed by atoms with Gasteiger partial charge in [-0.1, -0.05) is 13.8 Å². The second-order valence-electron chi connectivity index (χ2n) is 5.18. The Morgan fingerprint density at radius 1 is 1.53 bits per heavy atom. The molecule has 0 amide bonds. The number of nitrogens with one attached hydrogen (secondary N) is 2. The molecule has 0 bridgehead atoms. The summed E-state index contributed by atoms with van der Waals surface area (Å²) in [7, 11) is -3.52. The van der Waals surface area contributed by atoms with E-state index in [0.717, 1.165) is 25.3 Å². The van der Waals surface area contributed by atoms with Crippen molar-refractivity contribution in [1.29, 1.82) is 0 Å². The van der Waals surface area contributed by atoms with Gasteiger partial charge in [0.15, 0.2) is 5.03 Å². The van der Waals surface area contributed by atoms with E-state index in [0.29, 0.717) is 12.5 Å². The van der Waals surface area contributed by atoms with Crippen LogP contribution >= 0.6 is 0 Å². The van der Waals surface area contributed by atoms with Crippen LogP contribution in [0.4, 0.5) is 0 Å². The molecule has 2 heterocycles. The standard InChI is InChI=1S/C12H22N4O2S/c1-4-5-16-8-12(14-10(16)3)19(17,18)15-11-7-13-6-9(11)2/h8-9,11,13,15H,4-7H2,1-3H3. The Morgan fingerprint density at radius 2 is 2.26 bits per heavy atom. The smallest absolute Gasteiger partial charge is 0.259 e. The van der Waals surface area contributed by atoms with Crippen molar-refractivity contribution in [3.05, 3.63) is 12.0 Å². The van der Waals surface area contributed by atoms with E-state index in [4.69, 9.17) is 0 Å². The summed E-state index contributed by atoms with van der Waals surface area (Å²) in [5.41, 5.74) is 0. The highest BCUT2D eigenvalue weighted by Crippen LogP contribution is 2.14. The lowest BCUT2D eigenvalue weighted by atomic mass is 10.1. The molecule has 1 fully saturated rings. The van der Waals surface area contributed by atoms with E-state index in [1.165, 1.54) is 0 Å². The van der Waals surface area contributed by atoms with Crippen molar-refractivity contribution in [3.8, 4) is 0 Å². The van der Waals surface area contributed by atoms with Crippen molar-refractivity contribution in [3.63, 3.8) is 0 Å². The molecule has 0 radical (unpaired) electrons. The van der Waals surface area contributed by atoms with Gasteiger partial charge in [0.2, 0.25) is 0 Å². The predicted octanol–water partition coefficient (Wildman–Crippen LogP) is 0.488. The summed E-state index contributed by atoms with van der Waals surface area (Å²) in [6.45, 7) is 8.22. The Labute approximate surface area is 114 Å². The van der Waals surface area contributed by atoms with E-state index in [1.54, 1.807) is 6.20 Å². The summed E-state index contributed by atoms with van der Waals surface area (Å²) in [4.78, 5) is 4.16. The fourth-order valence-electron chi connectivity index (χ4n) is 2.30. The van der Waals surface area contributed by atoms with Crippen LogP contribution in [0.1, 0.15) is 26.1 Å². The molecule has 0 aromatic carbocycles. The molecule has 1 aliphatic rings. The van der Waals surface area contributed by atoms with Crippen LogP contribution in [0.15, 0.2) is 11.2 Å². The van der Waals surface area contributed by atoms with E-state index in [1.807, 2.05) is 18.4 Å². The normalized spacial score (nSPS) is 23.9. The number of hydrogen-bond donors (Lipinski definition) is 2. The number of aryl methyl sites for hydroxylation is 2. The third-order valence-electron chi connectivity index (χ3n) is 3.52. The predicted molar refractivity (Wildman–Crippen MR) is 73.4 cm³/mol. The minimum atomic E-state index is -3.52. The molecule has 19 heavy (non-hydrogen) atoms. The van der Waals surface area contributed by atoms with Crippen LogP contribution in [0.2, 0.25) is 0 Å². The van der Waals surface area contributed by atoms with Gasteiger partial charge in [0, 0.05) is 25.3 Å². The number of aromatic nitrogens is 2. The molecule has 1 aliphatic heterocycles. The summed E-state index contributed by atoms with van der Waals surface area (Å²) in [5, 5.41) is 3.30. The van der Waals surface area contributed by atoms with Crippen molar-refractivity contribution in [2.45, 2.75) is 44.8 Å². The molecule has 2 atom stereocenters. The second kappa shape index (κ2) is 5.60. The monoisotopic (exact) mass is 286 g/mol. The summed E-state index contributed by atoms with van der Waals surface area (Å²) in [6, 6.07) is -0.0540. The average molecular weight is 286 g/mol. The van der Waals surface area contributed by atoms with Crippen LogP contribution in [0.5, 0.6) is 0 Å². The first-order valence-corrected chi connectivity index (χ1v) is 8.19. The highest BCUT2D eigenvalue weighted by molar-refractivity contribution is 7.89. The third kappa shape index (κ3) is 3.16. The van der Waals surface area contributed by atoms with Crippen LogP contribution in [-0.4, -0.2) is 37.1 Å². The van der Waals surface area contributed by atoms with Crippen LogP contribution in [-0.2, 0) is 16.6 Å². The third-order valence-corrected chi connectivity index (χ3v) is 4.88. The molecular weight excluding hydrogens is 264 g/mol. The molecule has 0 spiro atoms. The topological polar surface area (TPSA) is 76.0 Å². The lowest BCUT2D eigenvalue weighted by Gasteiger charge is -2.15. The zero-order chi connectivity index (χ0) is 14.0. The molecule has 0 saturated carbocycles. The molecule has 2 unspecified atom stereocenters. The maximum absolute atomic E-state index is 12.3. The van der Waals surface area contributed by atoms with Crippen molar-refractivity contribution in [1.82, 2.24) is 19.6 Å². The van der Waals surface area contributed by atoms with Gasteiger partial charge < -0.3 is 9.88 Å². The summed E-state index contributed by atoms with van der Waals surface area (Å²) >= 11 is 0. The van der Waals surface area contributed by atoms with Gasteiger partial charge >= 0.3 is 0 Å². The number of rotatable bonds is 5. The highest BCUT2D eigenvalue weighted by Gasteiger charge is 2.29. The Morgan fingerprint density at radius 3 is 2.84 bits per heavy atom. The zero-order valence-electron chi connectivity index (χ0n) is 11.7. The van der Waals surface area contributed by atoms with Crippen LogP contribution in [0, 0.1) is 12.8 Å². The van der Waals surface area contributed by atoms with Crippen LogP contribution in [0.25, 0.3) is 0 Å². The first-order valence-electron chi connectivity index (χ1n) is 6.71. The van der Waals surface area contributed by atoms with E-state index < -0.39 is 10.0 Å². The molecule has 1 aromatic rings. The van der Waals surface area contributed by atoms with Crippen LogP contribution < -0.4 is 10.0 Å². The number of hydrogen-bond acceptors (Lipinski definition) is 4. The molecule has 6 nitrogen and oxygen atoms in total. The largest absolute Gasteiger partial charge is 0.334 e. The average Bonchev–Trinajstić information content (AvgIpc) is 2.88. The molecule has 7 heteroatoms. The van der Waals surface area contributed by atoms with Gasteiger partial charge in [0.05, 0.1) is 0 Å². The quantitative estimate of drug-likeness (QED) is 0.826. The summed E-state index contributed by atoms with van der Waals surface area (Å²) < 4.78 is 29.2. The van der Waals surface area contributed by atoms with Crippen molar-refractivity contribution >= 4 is 10.0 Å². The Bertz CT molecular complexity index is 538. The lowest BCUT2D eigenvalue weighted by Crippen LogP contribution is -2.39. The van der Waals surface area contributed by atoms with Crippen LogP contribution in [0.3, 0.4) is 0 Å². The Kier molecular flexibility index (Phi) is 4.27. The molecule has 108 valence electrons. The molecule has 1 saturated heterocycles. The van der Waals surface area contributed by atoms with Gasteiger partial charge in [-0.15, -0.1) is 0 Å². The highest BCUT2D eigenvalue weighted by atomic mass is 32.2. The first-order chi connectivity index (χ1) is 8.94. The number of nitrogens with zero attached hydrogens (tertiary/aromatic N) is 2. The fourth-order valence-corrected chi connectivity index (χ4v) is 3.66. The second-order valence-corrected chi connectivity index (χ2v) is 6.84. The number of sulfonamides is 1. The molecule has 1 aromatic heterocycles. The van der Waals surface area contributed by atoms with Gasteiger partial charge in [0.25, 0.3) is 10.0 Å². The van der Waals surface area contributed by atoms with Gasteiger partial charge in [-0.05, 0) is 25.8 Å². The Hall–Kier alpha value is -0.920. The first kappa shape index (κ1) is 14.5. The van der Waals surface area contributed by atoms with Crippen molar-refractivity contribution < 1.29 is 8.42 Å².